The van der Waals surface area contributed by atoms with Crippen LogP contribution in [0.4, 0.5) is 0 Å². The van der Waals surface area contributed by atoms with Crippen molar-refractivity contribution in [2.24, 2.45) is 5.73 Å². The molecule has 4 heteroatoms. The average Bonchev–Trinajstić information content (AvgIpc) is 3.00. The summed E-state index contributed by atoms with van der Waals surface area (Å²) < 4.78 is 16.0. The Morgan fingerprint density at radius 3 is 2.57 bits per heavy atom. The number of nitrogens with two attached hydrogens (primary N) is 1. The quantitative estimate of drug-likeness (QED) is 0.917. The van der Waals surface area contributed by atoms with Gasteiger partial charge in [0.05, 0.1) is 7.11 Å². The summed E-state index contributed by atoms with van der Waals surface area (Å²) in [5, 5.41) is 0. The van der Waals surface area contributed by atoms with E-state index in [9.17, 15) is 0 Å². The second kappa shape index (κ2) is 6.06. The highest BCUT2D eigenvalue weighted by Crippen LogP contribution is 2.35. The summed E-state index contributed by atoms with van der Waals surface area (Å²) in [6.07, 6.45) is 0.889. The maximum atomic E-state index is 5.96. The van der Waals surface area contributed by atoms with Gasteiger partial charge in [-0.1, -0.05) is 18.2 Å². The van der Waals surface area contributed by atoms with Crippen molar-refractivity contribution < 1.29 is 14.2 Å². The van der Waals surface area contributed by atoms with Gasteiger partial charge in [-0.15, -0.1) is 0 Å². The molecule has 0 aliphatic carbocycles. The molecule has 0 spiro atoms. The Kier molecular flexibility index (Phi) is 3.97. The Hall–Kier alpha value is -2.20. The first-order valence-electron chi connectivity index (χ1n) is 7.02. The molecule has 1 heterocycles. The van der Waals surface area contributed by atoms with Crippen LogP contribution in [0.5, 0.6) is 17.2 Å². The Morgan fingerprint density at radius 2 is 1.86 bits per heavy atom. The van der Waals surface area contributed by atoms with E-state index < -0.39 is 0 Å². The van der Waals surface area contributed by atoms with Crippen molar-refractivity contribution in [1.82, 2.24) is 0 Å². The maximum Gasteiger partial charge on any atom is 0.231 e. The van der Waals surface area contributed by atoms with Gasteiger partial charge in [0.25, 0.3) is 0 Å². The zero-order valence-electron chi connectivity index (χ0n) is 12.0. The molecule has 2 N–H and O–H groups in total. The molecule has 3 rings (SSSR count). The lowest BCUT2D eigenvalue weighted by atomic mass is 9.92. The van der Waals surface area contributed by atoms with Gasteiger partial charge in [0.15, 0.2) is 11.5 Å². The lowest BCUT2D eigenvalue weighted by Gasteiger charge is -2.16. The van der Waals surface area contributed by atoms with Crippen LogP contribution in [0.1, 0.15) is 17.0 Å². The molecule has 2 aromatic rings. The first kappa shape index (κ1) is 13.8. The Morgan fingerprint density at radius 1 is 1.10 bits per heavy atom. The smallest absolute Gasteiger partial charge is 0.231 e. The number of fused-ring (bicyclic) bond motifs is 1. The van der Waals surface area contributed by atoms with Crippen molar-refractivity contribution >= 4 is 0 Å². The minimum absolute atomic E-state index is 0.257. The highest BCUT2D eigenvalue weighted by Gasteiger charge is 2.17. The predicted molar refractivity (Wildman–Crippen MR) is 81.1 cm³/mol. The molecule has 0 amide bonds. The van der Waals surface area contributed by atoms with Gasteiger partial charge in [-0.05, 0) is 48.4 Å². The number of methoxy groups -OCH3 is 1. The summed E-state index contributed by atoms with van der Waals surface area (Å²) in [5.74, 6) is 2.73. The molecule has 1 aliphatic rings. The molecule has 2 aromatic carbocycles. The Bertz CT molecular complexity index is 610. The van der Waals surface area contributed by atoms with Gasteiger partial charge in [-0.3, -0.25) is 0 Å². The molecular formula is C17H19NO3. The third kappa shape index (κ3) is 2.95. The van der Waals surface area contributed by atoms with Crippen LogP contribution in [0, 0.1) is 0 Å². The maximum absolute atomic E-state index is 5.96. The van der Waals surface area contributed by atoms with E-state index in [1.54, 1.807) is 7.11 Å². The zero-order valence-corrected chi connectivity index (χ0v) is 12.0. The molecule has 110 valence electrons. The molecular weight excluding hydrogens is 266 g/mol. The van der Waals surface area contributed by atoms with Crippen molar-refractivity contribution in [3.63, 3.8) is 0 Å². The molecule has 1 atom stereocenters. The van der Waals surface area contributed by atoms with Crippen LogP contribution in [-0.4, -0.2) is 20.4 Å². The van der Waals surface area contributed by atoms with Crippen molar-refractivity contribution in [1.29, 1.82) is 0 Å². The molecule has 1 aliphatic heterocycles. The van der Waals surface area contributed by atoms with Crippen LogP contribution in [0.2, 0.25) is 0 Å². The van der Waals surface area contributed by atoms with E-state index >= 15 is 0 Å². The fourth-order valence-corrected chi connectivity index (χ4v) is 2.55. The van der Waals surface area contributed by atoms with Crippen LogP contribution >= 0.6 is 0 Å². The Labute approximate surface area is 124 Å². The molecule has 0 bridgehead atoms. The topological polar surface area (TPSA) is 53.7 Å². The van der Waals surface area contributed by atoms with Crippen LogP contribution in [-0.2, 0) is 6.42 Å². The van der Waals surface area contributed by atoms with Gasteiger partial charge in [0.2, 0.25) is 6.79 Å². The molecule has 0 fully saturated rings. The third-order valence-electron chi connectivity index (χ3n) is 3.79. The number of rotatable bonds is 5. The molecule has 0 saturated carbocycles. The monoisotopic (exact) mass is 285 g/mol. The number of benzene rings is 2. The van der Waals surface area contributed by atoms with E-state index in [4.69, 9.17) is 19.9 Å². The Balaban J connectivity index is 1.78. The van der Waals surface area contributed by atoms with E-state index in [0.717, 1.165) is 23.7 Å². The third-order valence-corrected chi connectivity index (χ3v) is 3.79. The molecule has 0 saturated heterocycles. The van der Waals surface area contributed by atoms with E-state index in [2.05, 4.69) is 18.2 Å². The van der Waals surface area contributed by atoms with Crippen molar-refractivity contribution in [2.75, 3.05) is 20.4 Å². The second-order valence-electron chi connectivity index (χ2n) is 5.10. The lowest BCUT2D eigenvalue weighted by Crippen LogP contribution is -2.15. The van der Waals surface area contributed by atoms with Crippen molar-refractivity contribution in [3.05, 3.63) is 53.6 Å². The van der Waals surface area contributed by atoms with Crippen molar-refractivity contribution in [3.8, 4) is 17.2 Å². The predicted octanol–water partition coefficient (Wildman–Crippen LogP) is 2.71. The molecule has 0 radical (unpaired) electrons. The second-order valence-corrected chi connectivity index (χ2v) is 5.10. The van der Waals surface area contributed by atoms with E-state index in [-0.39, 0.29) is 5.92 Å². The van der Waals surface area contributed by atoms with Gasteiger partial charge in [-0.2, -0.15) is 0 Å². The lowest BCUT2D eigenvalue weighted by molar-refractivity contribution is 0.174. The van der Waals surface area contributed by atoms with Crippen LogP contribution in [0.15, 0.2) is 42.5 Å². The fourth-order valence-electron chi connectivity index (χ4n) is 2.55. The minimum atomic E-state index is 0.257. The molecule has 0 aromatic heterocycles. The summed E-state index contributed by atoms with van der Waals surface area (Å²) in [7, 11) is 1.67. The van der Waals surface area contributed by atoms with E-state index in [0.29, 0.717) is 13.3 Å². The standard InChI is InChI=1S/C17H19NO3/c1-19-15-5-2-12(3-6-15)8-14(10-18)13-4-7-16-17(9-13)21-11-20-16/h2-7,9,14H,8,10-11,18H2,1H3. The molecule has 1 unspecified atom stereocenters. The normalized spacial score (nSPS) is 14.0. The SMILES string of the molecule is COc1ccc(CC(CN)c2ccc3c(c2)OCO3)cc1. The largest absolute Gasteiger partial charge is 0.497 e. The minimum Gasteiger partial charge on any atom is -0.497 e. The van der Waals surface area contributed by atoms with Gasteiger partial charge in [-0.25, -0.2) is 0 Å². The van der Waals surface area contributed by atoms with Gasteiger partial charge < -0.3 is 19.9 Å². The zero-order chi connectivity index (χ0) is 14.7. The highest BCUT2D eigenvalue weighted by atomic mass is 16.7. The number of hydrogen-bond donors (Lipinski definition) is 1. The molecule has 21 heavy (non-hydrogen) atoms. The highest BCUT2D eigenvalue weighted by molar-refractivity contribution is 5.45. The molecule has 4 nitrogen and oxygen atoms in total. The van der Waals surface area contributed by atoms with Crippen LogP contribution in [0.25, 0.3) is 0 Å². The fraction of sp³-hybridized carbons (Fsp3) is 0.294. The summed E-state index contributed by atoms with van der Waals surface area (Å²) in [4.78, 5) is 0. The first-order chi connectivity index (χ1) is 10.3. The van der Waals surface area contributed by atoms with Crippen LogP contribution in [0.3, 0.4) is 0 Å². The van der Waals surface area contributed by atoms with Crippen molar-refractivity contribution in [2.45, 2.75) is 12.3 Å². The number of hydrogen-bond acceptors (Lipinski definition) is 4. The number of ether oxygens (including phenoxy) is 3. The van der Waals surface area contributed by atoms with Gasteiger partial charge in [0, 0.05) is 5.92 Å². The summed E-state index contributed by atoms with van der Waals surface area (Å²) in [6.45, 7) is 0.885. The summed E-state index contributed by atoms with van der Waals surface area (Å²) >= 11 is 0. The summed E-state index contributed by atoms with van der Waals surface area (Å²) in [6, 6.07) is 14.2. The first-order valence-corrected chi connectivity index (χ1v) is 7.02. The van der Waals surface area contributed by atoms with Crippen LogP contribution < -0.4 is 19.9 Å². The van der Waals surface area contributed by atoms with Gasteiger partial charge in [0.1, 0.15) is 5.75 Å². The van der Waals surface area contributed by atoms with E-state index in [1.807, 2.05) is 24.3 Å². The average molecular weight is 285 g/mol. The summed E-state index contributed by atoms with van der Waals surface area (Å²) in [5.41, 5.74) is 8.38. The van der Waals surface area contributed by atoms with Gasteiger partial charge >= 0.3 is 0 Å². The van der Waals surface area contributed by atoms with E-state index in [1.165, 1.54) is 11.1 Å².